The molecular weight excluding hydrogens is 228 g/mol. The fraction of sp³-hybridized carbons (Fsp3) is 0.385. The minimum Gasteiger partial charge on any atom is -0.494 e. The molecule has 1 aromatic heterocycles. The number of aromatic nitrogens is 3. The van der Waals surface area contributed by atoms with Crippen molar-refractivity contribution < 1.29 is 4.74 Å². The first-order chi connectivity index (χ1) is 8.72. The van der Waals surface area contributed by atoms with Crippen molar-refractivity contribution >= 4 is 0 Å². The summed E-state index contributed by atoms with van der Waals surface area (Å²) in [6.07, 6.45) is 1.56. The maximum Gasteiger partial charge on any atom is 0.146 e. The molecule has 0 bridgehead atoms. The Labute approximate surface area is 107 Å². The molecule has 0 aliphatic heterocycles. The van der Waals surface area contributed by atoms with Gasteiger partial charge in [0.2, 0.25) is 0 Å². The maximum atomic E-state index is 5.34. The van der Waals surface area contributed by atoms with Gasteiger partial charge in [-0.05, 0) is 12.1 Å². The van der Waals surface area contributed by atoms with Gasteiger partial charge in [-0.1, -0.05) is 26.0 Å². The first-order valence-corrected chi connectivity index (χ1v) is 5.98. The largest absolute Gasteiger partial charge is 0.494 e. The summed E-state index contributed by atoms with van der Waals surface area (Å²) in [6.45, 7) is 4.88. The number of hydrogen-bond acceptors (Lipinski definition) is 4. The average molecular weight is 246 g/mol. The summed E-state index contributed by atoms with van der Waals surface area (Å²) < 4.78 is 7.14. The summed E-state index contributed by atoms with van der Waals surface area (Å²) in [5.74, 6) is 1.65. The Hall–Kier alpha value is -1.88. The molecule has 18 heavy (non-hydrogen) atoms. The Kier molecular flexibility index (Phi) is 3.94. The molecule has 0 unspecified atom stereocenters. The van der Waals surface area contributed by atoms with Crippen LogP contribution < -0.4 is 10.1 Å². The highest BCUT2D eigenvalue weighted by molar-refractivity contribution is 5.46. The Morgan fingerprint density at radius 2 is 2.11 bits per heavy atom. The van der Waals surface area contributed by atoms with Crippen LogP contribution in [0.25, 0.3) is 5.69 Å². The van der Waals surface area contributed by atoms with Crippen molar-refractivity contribution in [2.45, 2.75) is 26.4 Å². The average Bonchev–Trinajstić information content (AvgIpc) is 2.84. The van der Waals surface area contributed by atoms with Gasteiger partial charge in [-0.2, -0.15) is 5.10 Å². The second kappa shape index (κ2) is 5.64. The topological polar surface area (TPSA) is 52.0 Å². The number of ether oxygens (including phenoxy) is 1. The molecule has 5 nitrogen and oxygen atoms in total. The first-order valence-electron chi connectivity index (χ1n) is 5.98. The van der Waals surface area contributed by atoms with E-state index in [-0.39, 0.29) is 0 Å². The third kappa shape index (κ3) is 2.68. The molecule has 0 saturated carbocycles. The van der Waals surface area contributed by atoms with E-state index in [9.17, 15) is 0 Å². The summed E-state index contributed by atoms with van der Waals surface area (Å²) in [5.41, 5.74) is 0.901. The van der Waals surface area contributed by atoms with Gasteiger partial charge in [0.05, 0.1) is 13.7 Å². The number of nitrogens with one attached hydrogen (secondary N) is 1. The lowest BCUT2D eigenvalue weighted by atomic mass is 10.3. The Morgan fingerprint density at radius 1 is 1.33 bits per heavy atom. The zero-order valence-electron chi connectivity index (χ0n) is 10.9. The normalized spacial score (nSPS) is 10.9. The van der Waals surface area contributed by atoms with E-state index in [1.807, 2.05) is 24.3 Å². The summed E-state index contributed by atoms with van der Waals surface area (Å²) in [4.78, 5) is 4.27. The third-order valence-electron chi connectivity index (χ3n) is 2.60. The van der Waals surface area contributed by atoms with Crippen molar-refractivity contribution in [1.29, 1.82) is 0 Å². The maximum absolute atomic E-state index is 5.34. The van der Waals surface area contributed by atoms with Gasteiger partial charge in [0, 0.05) is 6.04 Å². The van der Waals surface area contributed by atoms with Crippen molar-refractivity contribution in [1.82, 2.24) is 20.1 Å². The van der Waals surface area contributed by atoms with Crippen LogP contribution >= 0.6 is 0 Å². The molecule has 2 rings (SSSR count). The van der Waals surface area contributed by atoms with Crippen molar-refractivity contribution in [3.8, 4) is 11.4 Å². The van der Waals surface area contributed by atoms with Crippen LogP contribution in [0.2, 0.25) is 0 Å². The van der Waals surface area contributed by atoms with Crippen LogP contribution in [0.15, 0.2) is 30.6 Å². The molecule has 0 aliphatic rings. The molecule has 5 heteroatoms. The van der Waals surface area contributed by atoms with Crippen molar-refractivity contribution in [3.05, 3.63) is 36.4 Å². The quantitative estimate of drug-likeness (QED) is 0.873. The Bertz CT molecular complexity index is 507. The number of para-hydroxylation sites is 2. The van der Waals surface area contributed by atoms with Gasteiger partial charge in [0.15, 0.2) is 0 Å². The van der Waals surface area contributed by atoms with E-state index in [1.165, 1.54) is 0 Å². The van der Waals surface area contributed by atoms with Crippen LogP contribution in [0.4, 0.5) is 0 Å². The minimum atomic E-state index is 0.410. The minimum absolute atomic E-state index is 0.410. The first kappa shape index (κ1) is 12.6. The van der Waals surface area contributed by atoms with Crippen LogP contribution in [-0.4, -0.2) is 27.9 Å². The SMILES string of the molecule is COc1ccccc1-n1ncnc1CNC(C)C. The molecule has 0 radical (unpaired) electrons. The molecule has 0 aliphatic carbocycles. The molecular formula is C13H18N4O. The van der Waals surface area contributed by atoms with E-state index in [4.69, 9.17) is 4.74 Å². The van der Waals surface area contributed by atoms with E-state index >= 15 is 0 Å². The van der Waals surface area contributed by atoms with Gasteiger partial charge in [-0.3, -0.25) is 0 Å². The van der Waals surface area contributed by atoms with E-state index in [2.05, 4.69) is 29.2 Å². The summed E-state index contributed by atoms with van der Waals surface area (Å²) in [7, 11) is 1.65. The van der Waals surface area contributed by atoms with E-state index in [0.29, 0.717) is 12.6 Å². The van der Waals surface area contributed by atoms with E-state index in [0.717, 1.165) is 17.3 Å². The predicted octanol–water partition coefficient (Wildman–Crippen LogP) is 1.77. The number of nitrogens with zero attached hydrogens (tertiary/aromatic N) is 3. The number of methoxy groups -OCH3 is 1. The number of benzene rings is 1. The molecule has 2 aromatic rings. The van der Waals surface area contributed by atoms with Crippen LogP contribution in [-0.2, 0) is 6.54 Å². The van der Waals surface area contributed by atoms with Crippen molar-refractivity contribution in [3.63, 3.8) is 0 Å². The number of rotatable bonds is 5. The molecule has 0 saturated heterocycles. The predicted molar refractivity (Wildman–Crippen MR) is 69.9 cm³/mol. The Balaban J connectivity index is 2.30. The number of hydrogen-bond donors (Lipinski definition) is 1. The molecule has 96 valence electrons. The van der Waals surface area contributed by atoms with Crippen LogP contribution in [0.1, 0.15) is 19.7 Å². The highest BCUT2D eigenvalue weighted by atomic mass is 16.5. The third-order valence-corrected chi connectivity index (χ3v) is 2.60. The van der Waals surface area contributed by atoms with E-state index in [1.54, 1.807) is 18.1 Å². The van der Waals surface area contributed by atoms with Gasteiger partial charge in [-0.15, -0.1) is 0 Å². The monoisotopic (exact) mass is 246 g/mol. The van der Waals surface area contributed by atoms with Crippen molar-refractivity contribution in [2.24, 2.45) is 0 Å². The smallest absolute Gasteiger partial charge is 0.146 e. The molecule has 0 amide bonds. The second-order valence-corrected chi connectivity index (χ2v) is 4.30. The molecule has 1 heterocycles. The van der Waals surface area contributed by atoms with Crippen molar-refractivity contribution in [2.75, 3.05) is 7.11 Å². The standard InChI is InChI=1S/C13H18N4O/c1-10(2)14-8-13-15-9-16-17(13)11-6-4-5-7-12(11)18-3/h4-7,9-10,14H,8H2,1-3H3. The molecule has 0 spiro atoms. The lowest BCUT2D eigenvalue weighted by Crippen LogP contribution is -2.24. The highest BCUT2D eigenvalue weighted by Gasteiger charge is 2.10. The zero-order chi connectivity index (χ0) is 13.0. The van der Waals surface area contributed by atoms with Crippen LogP contribution in [0.3, 0.4) is 0 Å². The lowest BCUT2D eigenvalue weighted by molar-refractivity contribution is 0.411. The summed E-state index contributed by atoms with van der Waals surface area (Å²) in [6, 6.07) is 8.18. The summed E-state index contributed by atoms with van der Waals surface area (Å²) in [5, 5.41) is 7.59. The second-order valence-electron chi connectivity index (χ2n) is 4.30. The lowest BCUT2D eigenvalue weighted by Gasteiger charge is -2.11. The fourth-order valence-corrected chi connectivity index (χ4v) is 1.69. The highest BCUT2D eigenvalue weighted by Crippen LogP contribution is 2.21. The van der Waals surface area contributed by atoms with Gasteiger partial charge in [-0.25, -0.2) is 9.67 Å². The molecule has 0 fully saturated rings. The van der Waals surface area contributed by atoms with Gasteiger partial charge in [0.1, 0.15) is 23.6 Å². The van der Waals surface area contributed by atoms with Gasteiger partial charge in [0.25, 0.3) is 0 Å². The molecule has 1 aromatic carbocycles. The van der Waals surface area contributed by atoms with E-state index < -0.39 is 0 Å². The van der Waals surface area contributed by atoms with Crippen LogP contribution in [0, 0.1) is 0 Å². The molecule has 1 N–H and O–H groups in total. The van der Waals surface area contributed by atoms with Crippen LogP contribution in [0.5, 0.6) is 5.75 Å². The summed E-state index contributed by atoms with van der Waals surface area (Å²) >= 11 is 0. The van der Waals surface area contributed by atoms with Gasteiger partial charge >= 0.3 is 0 Å². The fourth-order valence-electron chi connectivity index (χ4n) is 1.69. The van der Waals surface area contributed by atoms with Gasteiger partial charge < -0.3 is 10.1 Å². The zero-order valence-corrected chi connectivity index (χ0v) is 10.9. The Morgan fingerprint density at radius 3 is 2.83 bits per heavy atom. The molecule has 0 atom stereocenters.